The predicted octanol–water partition coefficient (Wildman–Crippen LogP) is 1.42. The third-order valence-electron chi connectivity index (χ3n) is 3.57. The van der Waals surface area contributed by atoms with Crippen molar-refractivity contribution in [2.75, 3.05) is 13.2 Å². The average Bonchev–Trinajstić information content (AvgIpc) is 2.77. The van der Waals surface area contributed by atoms with E-state index in [1.807, 2.05) is 0 Å². The molecule has 0 aliphatic carbocycles. The molecule has 0 aromatic carbocycles. The van der Waals surface area contributed by atoms with Crippen molar-refractivity contribution >= 4 is 11.9 Å². The minimum Gasteiger partial charge on any atom is -0.466 e. The Kier molecular flexibility index (Phi) is 7.67. The lowest BCUT2D eigenvalue weighted by Crippen LogP contribution is -2.46. The highest BCUT2D eigenvalue weighted by molar-refractivity contribution is 5.73. The van der Waals surface area contributed by atoms with E-state index >= 15 is 0 Å². The van der Waals surface area contributed by atoms with Gasteiger partial charge < -0.3 is 19.5 Å². The molecule has 1 saturated heterocycles. The van der Waals surface area contributed by atoms with Crippen LogP contribution >= 0.6 is 0 Å². The Morgan fingerprint density at radius 2 is 1.95 bits per heavy atom. The highest BCUT2D eigenvalue weighted by atomic mass is 16.6. The largest absolute Gasteiger partial charge is 0.466 e. The second kappa shape index (κ2) is 9.00. The van der Waals surface area contributed by atoms with Crippen LogP contribution in [-0.2, 0) is 23.8 Å². The van der Waals surface area contributed by atoms with Crippen molar-refractivity contribution in [1.29, 1.82) is 0 Å². The Bertz CT molecular complexity index is 343. The number of hydrogen-bond acceptors (Lipinski definition) is 5. The van der Waals surface area contributed by atoms with Gasteiger partial charge in [-0.1, -0.05) is 13.8 Å². The van der Waals surface area contributed by atoms with Gasteiger partial charge in [0.05, 0.1) is 37.9 Å². The van der Waals surface area contributed by atoms with Crippen LogP contribution in [0.1, 0.15) is 47.0 Å². The zero-order chi connectivity index (χ0) is 15.8. The Labute approximate surface area is 126 Å². The van der Waals surface area contributed by atoms with Gasteiger partial charge >= 0.3 is 5.97 Å². The average molecular weight is 301 g/mol. The summed E-state index contributed by atoms with van der Waals surface area (Å²) < 4.78 is 16.7. The molecule has 0 radical (unpaired) electrons. The number of ether oxygens (including phenoxy) is 3. The number of carbonyl (C=O) groups excluding carboxylic acids is 2. The number of amides is 1. The second-order valence-corrected chi connectivity index (χ2v) is 5.23. The van der Waals surface area contributed by atoms with Crippen molar-refractivity contribution in [2.24, 2.45) is 0 Å². The molecular formula is C15H27NO5. The minimum atomic E-state index is -0.374. The standard InChI is InChI=1S/C15H27NO5/c1-5-11(6-2)21-15-12(16-10(4)17)9-20-13(15)8-14(18)19-7-3/h11-13,15H,5-9H2,1-4H3,(H,16,17)/t12-,13-,15+/m1/s1. The molecule has 1 aliphatic heterocycles. The molecule has 1 rings (SSSR count). The van der Waals surface area contributed by atoms with Crippen LogP contribution in [0.2, 0.25) is 0 Å². The van der Waals surface area contributed by atoms with E-state index in [-0.39, 0.29) is 42.7 Å². The van der Waals surface area contributed by atoms with Crippen molar-refractivity contribution in [3.8, 4) is 0 Å². The highest BCUT2D eigenvalue weighted by Crippen LogP contribution is 2.24. The molecule has 122 valence electrons. The van der Waals surface area contributed by atoms with Gasteiger partial charge in [0.25, 0.3) is 0 Å². The van der Waals surface area contributed by atoms with Crippen molar-refractivity contribution in [1.82, 2.24) is 5.32 Å². The molecule has 0 spiro atoms. The van der Waals surface area contributed by atoms with E-state index in [0.717, 1.165) is 12.8 Å². The van der Waals surface area contributed by atoms with E-state index in [1.165, 1.54) is 6.92 Å². The maximum Gasteiger partial charge on any atom is 0.308 e. The summed E-state index contributed by atoms with van der Waals surface area (Å²) in [6, 6.07) is -0.220. The Balaban J connectivity index is 2.71. The molecular weight excluding hydrogens is 274 g/mol. The van der Waals surface area contributed by atoms with E-state index in [9.17, 15) is 9.59 Å². The molecule has 6 nitrogen and oxygen atoms in total. The van der Waals surface area contributed by atoms with E-state index in [0.29, 0.717) is 13.2 Å². The summed E-state index contributed by atoms with van der Waals surface area (Å²) in [5, 5.41) is 2.84. The third kappa shape index (κ3) is 5.63. The van der Waals surface area contributed by atoms with Crippen LogP contribution < -0.4 is 5.32 Å². The van der Waals surface area contributed by atoms with E-state index in [2.05, 4.69) is 19.2 Å². The fraction of sp³-hybridized carbons (Fsp3) is 0.867. The zero-order valence-electron chi connectivity index (χ0n) is 13.4. The molecule has 0 aromatic heterocycles. The Morgan fingerprint density at radius 1 is 1.29 bits per heavy atom. The van der Waals surface area contributed by atoms with Crippen LogP contribution in [0.5, 0.6) is 0 Å². The van der Waals surface area contributed by atoms with Crippen molar-refractivity contribution in [3.63, 3.8) is 0 Å². The molecule has 1 N–H and O–H groups in total. The van der Waals surface area contributed by atoms with Crippen LogP contribution in [0.15, 0.2) is 0 Å². The number of esters is 1. The predicted molar refractivity (Wildman–Crippen MR) is 77.8 cm³/mol. The van der Waals surface area contributed by atoms with Crippen LogP contribution in [0.4, 0.5) is 0 Å². The summed E-state index contributed by atoms with van der Waals surface area (Å²) in [7, 11) is 0. The lowest BCUT2D eigenvalue weighted by molar-refractivity contribution is -0.148. The summed E-state index contributed by atoms with van der Waals surface area (Å²) in [5.74, 6) is -0.428. The molecule has 1 amide bonds. The lowest BCUT2D eigenvalue weighted by Gasteiger charge is -2.27. The summed E-state index contributed by atoms with van der Waals surface area (Å²) in [6.45, 7) is 8.04. The highest BCUT2D eigenvalue weighted by Gasteiger charge is 2.41. The SMILES string of the molecule is CCOC(=O)C[C@H]1OC[C@@H](NC(C)=O)[C@@H]1OC(CC)CC. The molecule has 3 atom stereocenters. The van der Waals surface area contributed by atoms with Gasteiger partial charge in [0.15, 0.2) is 0 Å². The van der Waals surface area contributed by atoms with E-state index in [1.54, 1.807) is 6.92 Å². The first-order chi connectivity index (χ1) is 10.0. The van der Waals surface area contributed by atoms with Gasteiger partial charge in [0, 0.05) is 6.92 Å². The monoisotopic (exact) mass is 301 g/mol. The molecule has 1 heterocycles. The lowest BCUT2D eigenvalue weighted by atomic mass is 10.1. The minimum absolute atomic E-state index is 0.0950. The fourth-order valence-electron chi connectivity index (χ4n) is 2.51. The van der Waals surface area contributed by atoms with E-state index in [4.69, 9.17) is 14.2 Å². The first-order valence-corrected chi connectivity index (χ1v) is 7.71. The summed E-state index contributed by atoms with van der Waals surface area (Å²) in [4.78, 5) is 22.9. The zero-order valence-corrected chi connectivity index (χ0v) is 13.4. The van der Waals surface area contributed by atoms with Gasteiger partial charge in [0.1, 0.15) is 6.10 Å². The van der Waals surface area contributed by atoms with Gasteiger partial charge in [-0.05, 0) is 19.8 Å². The van der Waals surface area contributed by atoms with Gasteiger partial charge in [-0.3, -0.25) is 9.59 Å². The number of nitrogens with one attached hydrogen (secondary N) is 1. The maximum atomic E-state index is 11.7. The topological polar surface area (TPSA) is 73.9 Å². The van der Waals surface area contributed by atoms with Crippen molar-refractivity contribution < 1.29 is 23.8 Å². The normalized spacial score (nSPS) is 25.1. The molecule has 6 heteroatoms. The van der Waals surface area contributed by atoms with Crippen molar-refractivity contribution in [2.45, 2.75) is 71.3 Å². The Hall–Kier alpha value is -1.14. The number of carbonyl (C=O) groups is 2. The number of hydrogen-bond donors (Lipinski definition) is 1. The van der Waals surface area contributed by atoms with Crippen molar-refractivity contribution in [3.05, 3.63) is 0 Å². The third-order valence-corrected chi connectivity index (χ3v) is 3.57. The first-order valence-electron chi connectivity index (χ1n) is 7.71. The van der Waals surface area contributed by atoms with E-state index < -0.39 is 0 Å². The molecule has 21 heavy (non-hydrogen) atoms. The van der Waals surface area contributed by atoms with Gasteiger partial charge in [0.2, 0.25) is 5.91 Å². The summed E-state index contributed by atoms with van der Waals surface area (Å²) in [6.07, 6.45) is 1.31. The van der Waals surface area contributed by atoms with Crippen LogP contribution in [0.25, 0.3) is 0 Å². The van der Waals surface area contributed by atoms with Gasteiger partial charge in [-0.2, -0.15) is 0 Å². The van der Waals surface area contributed by atoms with Crippen LogP contribution in [0, 0.1) is 0 Å². The molecule has 0 unspecified atom stereocenters. The molecule has 1 fully saturated rings. The summed E-state index contributed by atoms with van der Waals surface area (Å²) >= 11 is 0. The first kappa shape index (κ1) is 17.9. The molecule has 0 bridgehead atoms. The molecule has 1 aliphatic rings. The summed E-state index contributed by atoms with van der Waals surface area (Å²) in [5.41, 5.74) is 0. The van der Waals surface area contributed by atoms with Gasteiger partial charge in [-0.25, -0.2) is 0 Å². The van der Waals surface area contributed by atoms with Crippen LogP contribution in [0.3, 0.4) is 0 Å². The number of rotatable bonds is 8. The second-order valence-electron chi connectivity index (χ2n) is 5.23. The van der Waals surface area contributed by atoms with Gasteiger partial charge in [-0.15, -0.1) is 0 Å². The quantitative estimate of drug-likeness (QED) is 0.686. The molecule has 0 saturated carbocycles. The molecule has 0 aromatic rings. The maximum absolute atomic E-state index is 11.7. The smallest absolute Gasteiger partial charge is 0.308 e. The van der Waals surface area contributed by atoms with Crippen LogP contribution in [-0.4, -0.2) is 49.4 Å². The fourth-order valence-corrected chi connectivity index (χ4v) is 2.51. The Morgan fingerprint density at radius 3 is 2.48 bits per heavy atom.